The Hall–Kier alpha value is -0.160. The summed E-state index contributed by atoms with van der Waals surface area (Å²) in [5, 5.41) is 13.7. The van der Waals surface area contributed by atoms with Crippen LogP contribution in [0.4, 0.5) is 0 Å². The van der Waals surface area contributed by atoms with Crippen molar-refractivity contribution >= 4 is 0 Å². The molecular formula is C15H31N3O. The molecule has 2 heterocycles. The first-order valence-electron chi connectivity index (χ1n) is 7.97. The third-order valence-corrected chi connectivity index (χ3v) is 4.32. The summed E-state index contributed by atoms with van der Waals surface area (Å²) in [6.07, 6.45) is 2.34. The number of β-amino-alcohol motifs (C(OH)–C–C–N with tert-alkyl or cyclic N) is 1. The second-order valence-electron chi connectivity index (χ2n) is 6.72. The van der Waals surface area contributed by atoms with Crippen LogP contribution in [0.2, 0.25) is 0 Å². The predicted molar refractivity (Wildman–Crippen MR) is 79.3 cm³/mol. The molecule has 0 spiro atoms. The summed E-state index contributed by atoms with van der Waals surface area (Å²) in [7, 11) is 0. The molecule has 0 radical (unpaired) electrons. The van der Waals surface area contributed by atoms with Gasteiger partial charge in [-0.2, -0.15) is 0 Å². The minimum Gasteiger partial charge on any atom is -0.390 e. The lowest BCUT2D eigenvalue weighted by Crippen LogP contribution is -2.46. The minimum atomic E-state index is -0.199. The van der Waals surface area contributed by atoms with Crippen molar-refractivity contribution in [2.75, 3.05) is 52.4 Å². The molecule has 2 N–H and O–H groups in total. The highest BCUT2D eigenvalue weighted by molar-refractivity contribution is 4.78. The lowest BCUT2D eigenvalue weighted by molar-refractivity contribution is 0.0487. The van der Waals surface area contributed by atoms with E-state index in [0.29, 0.717) is 0 Å². The van der Waals surface area contributed by atoms with Crippen LogP contribution in [0.25, 0.3) is 0 Å². The van der Waals surface area contributed by atoms with E-state index in [1.807, 2.05) is 0 Å². The molecule has 112 valence electrons. The van der Waals surface area contributed by atoms with Crippen LogP contribution in [0.5, 0.6) is 0 Å². The van der Waals surface area contributed by atoms with E-state index in [1.54, 1.807) is 0 Å². The van der Waals surface area contributed by atoms with Gasteiger partial charge in [-0.25, -0.2) is 0 Å². The van der Waals surface area contributed by atoms with E-state index in [-0.39, 0.29) is 6.10 Å². The molecule has 2 saturated heterocycles. The van der Waals surface area contributed by atoms with E-state index in [4.69, 9.17) is 0 Å². The van der Waals surface area contributed by atoms with Gasteiger partial charge in [0.05, 0.1) is 6.10 Å². The quantitative estimate of drug-likeness (QED) is 0.785. The first-order chi connectivity index (χ1) is 9.13. The molecule has 0 aromatic rings. The van der Waals surface area contributed by atoms with Gasteiger partial charge in [0.25, 0.3) is 0 Å². The molecule has 4 heteroatoms. The van der Waals surface area contributed by atoms with Crippen molar-refractivity contribution < 1.29 is 5.11 Å². The molecule has 0 bridgehead atoms. The lowest BCUT2D eigenvalue weighted by Gasteiger charge is -2.36. The van der Waals surface area contributed by atoms with E-state index in [0.717, 1.165) is 64.2 Å². The van der Waals surface area contributed by atoms with Gasteiger partial charge in [0.2, 0.25) is 0 Å². The van der Waals surface area contributed by atoms with Crippen LogP contribution in [0.3, 0.4) is 0 Å². The number of nitrogens with zero attached hydrogens (tertiary/aromatic N) is 2. The number of aliphatic hydroxyl groups excluding tert-OH is 1. The second kappa shape index (κ2) is 7.58. The van der Waals surface area contributed by atoms with Gasteiger partial charge >= 0.3 is 0 Å². The van der Waals surface area contributed by atoms with Gasteiger partial charge in [0.15, 0.2) is 0 Å². The molecule has 0 amide bonds. The second-order valence-corrected chi connectivity index (χ2v) is 6.72. The van der Waals surface area contributed by atoms with Gasteiger partial charge in [0.1, 0.15) is 0 Å². The Bertz CT molecular complexity index is 244. The zero-order valence-electron chi connectivity index (χ0n) is 12.6. The summed E-state index contributed by atoms with van der Waals surface area (Å²) >= 11 is 0. The Morgan fingerprint density at radius 1 is 1.05 bits per heavy atom. The zero-order valence-corrected chi connectivity index (χ0v) is 12.6. The normalized spacial score (nSPS) is 33.0. The fraction of sp³-hybridized carbons (Fsp3) is 1.00. The number of likely N-dealkylation sites (tertiary alicyclic amines) is 1. The first-order valence-corrected chi connectivity index (χ1v) is 7.97. The molecule has 0 aliphatic carbocycles. The van der Waals surface area contributed by atoms with Crippen molar-refractivity contribution in [2.24, 2.45) is 11.8 Å². The van der Waals surface area contributed by atoms with Gasteiger partial charge in [-0.15, -0.1) is 0 Å². The molecule has 0 aromatic heterocycles. The van der Waals surface area contributed by atoms with E-state index >= 15 is 0 Å². The number of piperidine rings is 1. The minimum absolute atomic E-state index is 0.199. The largest absolute Gasteiger partial charge is 0.390 e. The van der Waals surface area contributed by atoms with Crippen molar-refractivity contribution in [1.29, 1.82) is 0 Å². The molecule has 2 aliphatic rings. The van der Waals surface area contributed by atoms with Crippen LogP contribution in [0.1, 0.15) is 26.7 Å². The predicted octanol–water partition coefficient (Wildman–Crippen LogP) is 0.621. The van der Waals surface area contributed by atoms with E-state index in [9.17, 15) is 5.11 Å². The Morgan fingerprint density at radius 2 is 1.74 bits per heavy atom. The van der Waals surface area contributed by atoms with Crippen LogP contribution < -0.4 is 5.32 Å². The summed E-state index contributed by atoms with van der Waals surface area (Å²) < 4.78 is 0. The molecule has 4 nitrogen and oxygen atoms in total. The average Bonchev–Trinajstić information content (AvgIpc) is 2.55. The van der Waals surface area contributed by atoms with Gasteiger partial charge in [-0.1, -0.05) is 13.8 Å². The molecular weight excluding hydrogens is 238 g/mol. The van der Waals surface area contributed by atoms with Crippen LogP contribution >= 0.6 is 0 Å². The fourth-order valence-corrected chi connectivity index (χ4v) is 3.68. The molecule has 0 aromatic carbocycles. The number of aliphatic hydroxyl groups is 1. The van der Waals surface area contributed by atoms with Gasteiger partial charge < -0.3 is 15.3 Å². The van der Waals surface area contributed by atoms with E-state index in [2.05, 4.69) is 29.0 Å². The Kier molecular flexibility index (Phi) is 6.07. The molecule has 2 rings (SSSR count). The smallest absolute Gasteiger partial charge is 0.0793 e. The Labute approximate surface area is 118 Å². The standard InChI is InChI=1S/C15H31N3O/c1-13-8-14(2)10-18(9-13)12-15(19)11-17-6-3-4-16-5-7-17/h13-16,19H,3-12H2,1-2H3. The fourth-order valence-electron chi connectivity index (χ4n) is 3.68. The highest BCUT2D eigenvalue weighted by Crippen LogP contribution is 2.20. The number of hydrogen-bond donors (Lipinski definition) is 2. The molecule has 2 aliphatic heterocycles. The summed E-state index contributed by atoms with van der Waals surface area (Å²) in [5.41, 5.74) is 0. The summed E-state index contributed by atoms with van der Waals surface area (Å²) in [4.78, 5) is 4.86. The SMILES string of the molecule is CC1CC(C)CN(CC(O)CN2CCCNCC2)C1. The maximum atomic E-state index is 10.3. The topological polar surface area (TPSA) is 38.7 Å². The molecule has 3 atom stereocenters. The maximum Gasteiger partial charge on any atom is 0.0793 e. The molecule has 0 saturated carbocycles. The van der Waals surface area contributed by atoms with Gasteiger partial charge in [-0.3, -0.25) is 4.90 Å². The van der Waals surface area contributed by atoms with E-state index in [1.165, 1.54) is 12.8 Å². The van der Waals surface area contributed by atoms with Crippen molar-refractivity contribution in [1.82, 2.24) is 15.1 Å². The Balaban J connectivity index is 1.72. The summed E-state index contributed by atoms with van der Waals surface area (Å²) in [6, 6.07) is 0. The van der Waals surface area contributed by atoms with Crippen LogP contribution in [0, 0.1) is 11.8 Å². The maximum absolute atomic E-state index is 10.3. The van der Waals surface area contributed by atoms with Crippen LogP contribution in [-0.2, 0) is 0 Å². The van der Waals surface area contributed by atoms with Gasteiger partial charge in [0, 0.05) is 39.3 Å². The van der Waals surface area contributed by atoms with Crippen LogP contribution in [-0.4, -0.2) is 73.4 Å². The van der Waals surface area contributed by atoms with E-state index < -0.39 is 0 Å². The highest BCUT2D eigenvalue weighted by atomic mass is 16.3. The number of rotatable bonds is 4. The van der Waals surface area contributed by atoms with Crippen molar-refractivity contribution in [3.05, 3.63) is 0 Å². The van der Waals surface area contributed by atoms with Crippen molar-refractivity contribution in [3.63, 3.8) is 0 Å². The number of hydrogen-bond acceptors (Lipinski definition) is 4. The van der Waals surface area contributed by atoms with Crippen molar-refractivity contribution in [3.8, 4) is 0 Å². The summed E-state index contributed by atoms with van der Waals surface area (Å²) in [5.74, 6) is 1.55. The Morgan fingerprint density at radius 3 is 2.47 bits per heavy atom. The zero-order chi connectivity index (χ0) is 13.7. The average molecular weight is 269 g/mol. The van der Waals surface area contributed by atoms with Crippen LogP contribution in [0.15, 0.2) is 0 Å². The van der Waals surface area contributed by atoms with Crippen molar-refractivity contribution in [2.45, 2.75) is 32.8 Å². The third kappa shape index (κ3) is 5.38. The lowest BCUT2D eigenvalue weighted by atomic mass is 9.92. The third-order valence-electron chi connectivity index (χ3n) is 4.32. The molecule has 3 unspecified atom stereocenters. The highest BCUT2D eigenvalue weighted by Gasteiger charge is 2.24. The molecule has 19 heavy (non-hydrogen) atoms. The van der Waals surface area contributed by atoms with Gasteiger partial charge in [-0.05, 0) is 37.8 Å². The monoisotopic (exact) mass is 269 g/mol. The first kappa shape index (κ1) is 15.2. The summed E-state index contributed by atoms with van der Waals surface area (Å²) in [6.45, 7) is 13.0. The number of nitrogens with one attached hydrogen (secondary N) is 1. The molecule has 2 fully saturated rings.